The van der Waals surface area contributed by atoms with Crippen molar-refractivity contribution in [2.24, 2.45) is 0 Å². The Labute approximate surface area is 107 Å². The third kappa shape index (κ3) is 3.21. The maximum atomic E-state index is 12.2. The maximum absolute atomic E-state index is 12.2. The van der Waals surface area contributed by atoms with Gasteiger partial charge in [-0.1, -0.05) is 11.6 Å². The SMILES string of the molecule is Cc1cc(Cl)ccc1C(=O)N(C)C(C)CC#N. The second kappa shape index (κ2) is 5.70. The van der Waals surface area contributed by atoms with Crippen molar-refractivity contribution < 1.29 is 4.79 Å². The summed E-state index contributed by atoms with van der Waals surface area (Å²) in [6.07, 6.45) is 0.328. The molecule has 0 aromatic heterocycles. The number of hydrogen-bond acceptors (Lipinski definition) is 2. The van der Waals surface area contributed by atoms with Gasteiger partial charge in [0, 0.05) is 23.7 Å². The van der Waals surface area contributed by atoms with Crippen LogP contribution in [0.25, 0.3) is 0 Å². The Morgan fingerprint density at radius 2 is 2.24 bits per heavy atom. The molecule has 1 aromatic carbocycles. The Morgan fingerprint density at radius 3 is 2.76 bits per heavy atom. The average Bonchev–Trinajstić information content (AvgIpc) is 2.27. The van der Waals surface area contributed by atoms with Crippen molar-refractivity contribution in [2.75, 3.05) is 7.05 Å². The molecular weight excluding hydrogens is 236 g/mol. The number of nitrogens with zero attached hydrogens (tertiary/aromatic N) is 2. The van der Waals surface area contributed by atoms with Gasteiger partial charge in [-0.3, -0.25) is 4.79 Å². The first kappa shape index (κ1) is 13.5. The summed E-state index contributed by atoms with van der Waals surface area (Å²) in [7, 11) is 1.71. The summed E-state index contributed by atoms with van der Waals surface area (Å²) in [5.41, 5.74) is 1.47. The number of carbonyl (C=O) groups is 1. The van der Waals surface area contributed by atoms with Crippen LogP contribution in [0.3, 0.4) is 0 Å². The quantitative estimate of drug-likeness (QED) is 0.828. The highest BCUT2D eigenvalue weighted by atomic mass is 35.5. The first-order valence-electron chi connectivity index (χ1n) is 5.37. The lowest BCUT2D eigenvalue weighted by atomic mass is 10.1. The fraction of sp³-hybridized carbons (Fsp3) is 0.385. The number of benzene rings is 1. The predicted molar refractivity (Wildman–Crippen MR) is 68.0 cm³/mol. The Balaban J connectivity index is 2.93. The normalized spacial score (nSPS) is 11.7. The second-order valence-corrected chi connectivity index (χ2v) is 4.52. The smallest absolute Gasteiger partial charge is 0.254 e. The van der Waals surface area contributed by atoms with E-state index in [0.717, 1.165) is 5.56 Å². The van der Waals surface area contributed by atoms with Crippen molar-refractivity contribution in [1.29, 1.82) is 5.26 Å². The fourth-order valence-corrected chi connectivity index (χ4v) is 1.75. The van der Waals surface area contributed by atoms with Crippen LogP contribution >= 0.6 is 11.6 Å². The molecule has 1 aromatic rings. The molecule has 0 saturated heterocycles. The Kier molecular flexibility index (Phi) is 4.53. The number of carbonyl (C=O) groups excluding carboxylic acids is 1. The van der Waals surface area contributed by atoms with Crippen molar-refractivity contribution in [3.8, 4) is 6.07 Å². The minimum atomic E-state index is -0.0948. The molecule has 90 valence electrons. The zero-order valence-electron chi connectivity index (χ0n) is 10.2. The van der Waals surface area contributed by atoms with Gasteiger partial charge in [0.2, 0.25) is 0 Å². The first-order valence-corrected chi connectivity index (χ1v) is 5.75. The molecule has 0 N–H and O–H groups in total. The molecular formula is C13H15ClN2O. The number of nitriles is 1. The van der Waals surface area contributed by atoms with Gasteiger partial charge in [-0.05, 0) is 37.6 Å². The molecule has 0 aliphatic rings. The van der Waals surface area contributed by atoms with Crippen LogP contribution in [-0.2, 0) is 0 Å². The maximum Gasteiger partial charge on any atom is 0.254 e. The van der Waals surface area contributed by atoms with Crippen LogP contribution in [0.1, 0.15) is 29.3 Å². The molecule has 1 rings (SSSR count). The number of aryl methyl sites for hydroxylation is 1. The molecule has 0 aliphatic carbocycles. The Hall–Kier alpha value is -1.53. The minimum absolute atomic E-state index is 0.0816. The monoisotopic (exact) mass is 250 g/mol. The Morgan fingerprint density at radius 1 is 1.59 bits per heavy atom. The third-order valence-corrected chi connectivity index (χ3v) is 3.02. The number of hydrogen-bond donors (Lipinski definition) is 0. The van der Waals surface area contributed by atoms with Crippen molar-refractivity contribution in [3.05, 3.63) is 34.3 Å². The van der Waals surface area contributed by atoms with E-state index in [9.17, 15) is 4.79 Å². The van der Waals surface area contributed by atoms with E-state index >= 15 is 0 Å². The molecule has 3 nitrogen and oxygen atoms in total. The molecule has 0 spiro atoms. The molecule has 17 heavy (non-hydrogen) atoms. The molecule has 0 fully saturated rings. The summed E-state index contributed by atoms with van der Waals surface area (Å²) in [5.74, 6) is -0.0816. The average molecular weight is 251 g/mol. The summed E-state index contributed by atoms with van der Waals surface area (Å²) in [6.45, 7) is 3.70. The van der Waals surface area contributed by atoms with Crippen molar-refractivity contribution in [3.63, 3.8) is 0 Å². The van der Waals surface area contributed by atoms with E-state index in [2.05, 4.69) is 6.07 Å². The van der Waals surface area contributed by atoms with Gasteiger partial charge < -0.3 is 4.90 Å². The topological polar surface area (TPSA) is 44.1 Å². The van der Waals surface area contributed by atoms with Gasteiger partial charge in [-0.25, -0.2) is 0 Å². The van der Waals surface area contributed by atoms with Crippen LogP contribution in [-0.4, -0.2) is 23.9 Å². The van der Waals surface area contributed by atoms with E-state index < -0.39 is 0 Å². The molecule has 4 heteroatoms. The van der Waals surface area contributed by atoms with Crippen LogP contribution in [0, 0.1) is 18.3 Å². The van der Waals surface area contributed by atoms with Gasteiger partial charge in [0.05, 0.1) is 12.5 Å². The third-order valence-electron chi connectivity index (χ3n) is 2.79. The van der Waals surface area contributed by atoms with Gasteiger partial charge in [0.1, 0.15) is 0 Å². The molecule has 1 unspecified atom stereocenters. The number of amides is 1. The van der Waals surface area contributed by atoms with Crippen molar-refractivity contribution >= 4 is 17.5 Å². The summed E-state index contributed by atoms with van der Waals surface area (Å²) in [5, 5.41) is 9.24. The summed E-state index contributed by atoms with van der Waals surface area (Å²) < 4.78 is 0. The lowest BCUT2D eigenvalue weighted by Gasteiger charge is -2.23. The van der Waals surface area contributed by atoms with Gasteiger partial charge >= 0.3 is 0 Å². The van der Waals surface area contributed by atoms with Gasteiger partial charge in [0.25, 0.3) is 5.91 Å². The predicted octanol–water partition coefficient (Wildman–Crippen LogP) is 3.02. The van der Waals surface area contributed by atoms with Crippen LogP contribution in [0.15, 0.2) is 18.2 Å². The highest BCUT2D eigenvalue weighted by Gasteiger charge is 2.18. The molecule has 1 atom stereocenters. The highest BCUT2D eigenvalue weighted by Crippen LogP contribution is 2.17. The first-order chi connectivity index (χ1) is 7.97. The molecule has 0 saturated carbocycles. The van der Waals surface area contributed by atoms with Crippen molar-refractivity contribution in [1.82, 2.24) is 4.90 Å². The standard InChI is InChI=1S/C13H15ClN2O/c1-9-8-11(14)4-5-12(9)13(17)16(3)10(2)6-7-15/h4-5,8,10H,6H2,1-3H3. The van der Waals surface area contributed by atoms with Crippen LogP contribution in [0.5, 0.6) is 0 Å². The van der Waals surface area contributed by atoms with Crippen LogP contribution in [0.4, 0.5) is 0 Å². The van der Waals surface area contributed by atoms with E-state index in [1.165, 1.54) is 0 Å². The van der Waals surface area contributed by atoms with Crippen molar-refractivity contribution in [2.45, 2.75) is 26.3 Å². The molecule has 1 amide bonds. The van der Waals surface area contributed by atoms with E-state index in [1.807, 2.05) is 13.8 Å². The molecule has 0 aliphatic heterocycles. The molecule has 0 radical (unpaired) electrons. The fourth-order valence-electron chi connectivity index (χ4n) is 1.53. The largest absolute Gasteiger partial charge is 0.338 e. The lowest BCUT2D eigenvalue weighted by Crippen LogP contribution is -2.35. The van der Waals surface area contributed by atoms with Gasteiger partial charge in [-0.15, -0.1) is 0 Å². The van der Waals surface area contributed by atoms with Gasteiger partial charge in [-0.2, -0.15) is 5.26 Å². The number of halogens is 1. The van der Waals surface area contributed by atoms with E-state index in [0.29, 0.717) is 17.0 Å². The summed E-state index contributed by atoms with van der Waals surface area (Å²) >= 11 is 5.85. The Bertz CT molecular complexity index is 465. The highest BCUT2D eigenvalue weighted by molar-refractivity contribution is 6.30. The second-order valence-electron chi connectivity index (χ2n) is 4.09. The summed E-state index contributed by atoms with van der Waals surface area (Å²) in [4.78, 5) is 13.7. The van der Waals surface area contributed by atoms with Crippen LogP contribution < -0.4 is 0 Å². The van der Waals surface area contributed by atoms with E-state index in [4.69, 9.17) is 16.9 Å². The zero-order chi connectivity index (χ0) is 13.0. The van der Waals surface area contributed by atoms with Gasteiger partial charge in [0.15, 0.2) is 0 Å². The zero-order valence-corrected chi connectivity index (χ0v) is 11.0. The van der Waals surface area contributed by atoms with Crippen LogP contribution in [0.2, 0.25) is 5.02 Å². The summed E-state index contributed by atoms with van der Waals surface area (Å²) in [6, 6.07) is 7.15. The van der Waals surface area contributed by atoms with E-state index in [1.54, 1.807) is 30.1 Å². The molecule has 0 heterocycles. The lowest BCUT2D eigenvalue weighted by molar-refractivity contribution is 0.0745. The minimum Gasteiger partial charge on any atom is -0.338 e. The van der Waals surface area contributed by atoms with E-state index in [-0.39, 0.29) is 11.9 Å². The molecule has 0 bridgehead atoms. The number of rotatable bonds is 3.